The number of benzene rings is 1. The van der Waals surface area contributed by atoms with Crippen LogP contribution in [0.5, 0.6) is 5.75 Å². The lowest BCUT2D eigenvalue weighted by atomic mass is 10.1. The summed E-state index contributed by atoms with van der Waals surface area (Å²) < 4.78 is 5.99. The van der Waals surface area contributed by atoms with Crippen LogP contribution >= 0.6 is 15.9 Å². The van der Waals surface area contributed by atoms with Crippen molar-refractivity contribution in [3.63, 3.8) is 0 Å². The molecular formula is C11H15BrO2. The van der Waals surface area contributed by atoms with Gasteiger partial charge in [0.2, 0.25) is 0 Å². The van der Waals surface area contributed by atoms with Gasteiger partial charge in [-0.15, -0.1) is 0 Å². The first-order valence-electron chi connectivity index (χ1n) is 4.70. The summed E-state index contributed by atoms with van der Waals surface area (Å²) in [5.41, 5.74) is 0.930. The van der Waals surface area contributed by atoms with E-state index in [2.05, 4.69) is 22.9 Å². The Balaban J connectivity index is 2.85. The molecule has 1 rings (SSSR count). The van der Waals surface area contributed by atoms with E-state index in [0.29, 0.717) is 0 Å². The van der Waals surface area contributed by atoms with Gasteiger partial charge in [-0.25, -0.2) is 0 Å². The van der Waals surface area contributed by atoms with E-state index in [9.17, 15) is 5.11 Å². The van der Waals surface area contributed by atoms with Crippen LogP contribution in [-0.2, 0) is 0 Å². The zero-order valence-electron chi connectivity index (χ0n) is 8.46. The fraction of sp³-hybridized carbons (Fsp3) is 0.455. The lowest BCUT2D eigenvalue weighted by Gasteiger charge is -2.11. The summed E-state index contributed by atoms with van der Waals surface area (Å²) in [5, 5.41) is 9.75. The van der Waals surface area contributed by atoms with E-state index in [0.717, 1.165) is 28.6 Å². The van der Waals surface area contributed by atoms with Crippen LogP contribution in [0.3, 0.4) is 0 Å². The number of halogens is 1. The van der Waals surface area contributed by atoms with Gasteiger partial charge in [0.05, 0.1) is 17.7 Å². The number of rotatable bonds is 4. The second-order valence-corrected chi connectivity index (χ2v) is 4.05. The number of aliphatic hydroxyl groups is 1. The van der Waals surface area contributed by atoms with Gasteiger partial charge in [-0.3, -0.25) is 0 Å². The largest absolute Gasteiger partial charge is 0.496 e. The Morgan fingerprint density at radius 2 is 2.21 bits per heavy atom. The van der Waals surface area contributed by atoms with Gasteiger partial charge in [0.1, 0.15) is 5.75 Å². The van der Waals surface area contributed by atoms with Crippen LogP contribution in [0.1, 0.15) is 31.4 Å². The van der Waals surface area contributed by atoms with Crippen LogP contribution in [0.25, 0.3) is 0 Å². The standard InChI is InChI=1S/C11H15BrO2/c1-3-4-10(13)8-5-6-11(14-2)9(12)7-8/h5-7,10,13H,3-4H2,1-2H3. The van der Waals surface area contributed by atoms with Crippen LogP contribution in [0, 0.1) is 0 Å². The van der Waals surface area contributed by atoms with Crippen LogP contribution in [0.2, 0.25) is 0 Å². The fourth-order valence-electron chi connectivity index (χ4n) is 1.33. The minimum absolute atomic E-state index is 0.373. The first kappa shape index (κ1) is 11.5. The number of methoxy groups -OCH3 is 1. The Morgan fingerprint density at radius 3 is 2.71 bits per heavy atom. The first-order valence-corrected chi connectivity index (χ1v) is 5.49. The smallest absolute Gasteiger partial charge is 0.133 e. The summed E-state index contributed by atoms with van der Waals surface area (Å²) >= 11 is 3.39. The lowest BCUT2D eigenvalue weighted by molar-refractivity contribution is 0.166. The van der Waals surface area contributed by atoms with Gasteiger partial charge >= 0.3 is 0 Å². The summed E-state index contributed by atoms with van der Waals surface area (Å²) in [7, 11) is 1.63. The molecule has 1 N–H and O–H groups in total. The summed E-state index contributed by atoms with van der Waals surface area (Å²) in [5.74, 6) is 0.789. The van der Waals surface area contributed by atoms with E-state index in [-0.39, 0.29) is 6.10 Å². The molecule has 78 valence electrons. The number of aliphatic hydroxyl groups excluding tert-OH is 1. The fourth-order valence-corrected chi connectivity index (χ4v) is 1.89. The topological polar surface area (TPSA) is 29.5 Å². The maximum absolute atomic E-state index is 9.75. The van der Waals surface area contributed by atoms with E-state index in [1.165, 1.54) is 0 Å². The molecule has 0 spiro atoms. The van der Waals surface area contributed by atoms with Crippen LogP contribution in [0.15, 0.2) is 22.7 Å². The summed E-state index contributed by atoms with van der Waals surface area (Å²) in [6.45, 7) is 2.06. The van der Waals surface area contributed by atoms with Crippen LogP contribution in [0.4, 0.5) is 0 Å². The van der Waals surface area contributed by atoms with Crippen molar-refractivity contribution in [1.82, 2.24) is 0 Å². The van der Waals surface area contributed by atoms with Gasteiger partial charge in [-0.1, -0.05) is 19.4 Å². The van der Waals surface area contributed by atoms with Crippen molar-refractivity contribution in [3.8, 4) is 5.75 Å². The molecule has 0 aromatic heterocycles. The van der Waals surface area contributed by atoms with Crippen LogP contribution in [-0.4, -0.2) is 12.2 Å². The molecule has 0 radical (unpaired) electrons. The van der Waals surface area contributed by atoms with Gasteiger partial charge in [0.25, 0.3) is 0 Å². The van der Waals surface area contributed by atoms with E-state index in [1.807, 2.05) is 18.2 Å². The quantitative estimate of drug-likeness (QED) is 0.899. The second-order valence-electron chi connectivity index (χ2n) is 3.20. The molecule has 0 aliphatic carbocycles. The second kappa shape index (κ2) is 5.37. The zero-order valence-corrected chi connectivity index (χ0v) is 10.0. The molecule has 0 amide bonds. The van der Waals surface area contributed by atoms with E-state index >= 15 is 0 Å². The molecule has 0 saturated heterocycles. The Labute approximate surface area is 93.0 Å². The van der Waals surface area contributed by atoms with E-state index in [4.69, 9.17) is 4.74 Å². The van der Waals surface area contributed by atoms with Crippen molar-refractivity contribution in [1.29, 1.82) is 0 Å². The van der Waals surface area contributed by atoms with Crippen molar-refractivity contribution in [3.05, 3.63) is 28.2 Å². The average molecular weight is 259 g/mol. The van der Waals surface area contributed by atoms with E-state index < -0.39 is 0 Å². The normalized spacial score (nSPS) is 12.6. The Bertz CT molecular complexity index is 299. The molecule has 0 bridgehead atoms. The molecule has 2 nitrogen and oxygen atoms in total. The van der Waals surface area contributed by atoms with Crippen LogP contribution < -0.4 is 4.74 Å². The molecule has 0 fully saturated rings. The monoisotopic (exact) mass is 258 g/mol. The number of hydrogen-bond donors (Lipinski definition) is 1. The minimum atomic E-state index is -0.373. The van der Waals surface area contributed by atoms with Gasteiger partial charge < -0.3 is 9.84 Å². The van der Waals surface area contributed by atoms with Crippen molar-refractivity contribution in [2.24, 2.45) is 0 Å². The predicted molar refractivity (Wildman–Crippen MR) is 60.6 cm³/mol. The van der Waals surface area contributed by atoms with Gasteiger partial charge in [0.15, 0.2) is 0 Å². The molecular weight excluding hydrogens is 244 g/mol. The zero-order chi connectivity index (χ0) is 10.6. The molecule has 3 heteroatoms. The highest BCUT2D eigenvalue weighted by atomic mass is 79.9. The van der Waals surface area contributed by atoms with Gasteiger partial charge in [-0.05, 0) is 40.0 Å². The molecule has 14 heavy (non-hydrogen) atoms. The average Bonchev–Trinajstić information content (AvgIpc) is 2.18. The maximum Gasteiger partial charge on any atom is 0.133 e. The van der Waals surface area contributed by atoms with Crippen molar-refractivity contribution in [2.75, 3.05) is 7.11 Å². The molecule has 0 saturated carbocycles. The molecule has 0 heterocycles. The third kappa shape index (κ3) is 2.72. The molecule has 1 aromatic carbocycles. The summed E-state index contributed by atoms with van der Waals surface area (Å²) in [6, 6.07) is 5.65. The van der Waals surface area contributed by atoms with Crippen molar-refractivity contribution in [2.45, 2.75) is 25.9 Å². The number of ether oxygens (including phenoxy) is 1. The number of hydrogen-bond acceptors (Lipinski definition) is 2. The molecule has 1 unspecified atom stereocenters. The molecule has 1 aromatic rings. The minimum Gasteiger partial charge on any atom is -0.496 e. The Kier molecular flexibility index (Phi) is 4.42. The molecule has 1 atom stereocenters. The highest BCUT2D eigenvalue weighted by molar-refractivity contribution is 9.10. The predicted octanol–water partition coefficient (Wildman–Crippen LogP) is 3.29. The lowest BCUT2D eigenvalue weighted by Crippen LogP contribution is -1.97. The van der Waals surface area contributed by atoms with Gasteiger partial charge in [0, 0.05) is 0 Å². The van der Waals surface area contributed by atoms with E-state index in [1.54, 1.807) is 7.11 Å². The highest BCUT2D eigenvalue weighted by Gasteiger charge is 2.08. The third-order valence-electron chi connectivity index (χ3n) is 2.12. The summed E-state index contributed by atoms with van der Waals surface area (Å²) in [4.78, 5) is 0. The molecule has 0 aliphatic heterocycles. The van der Waals surface area contributed by atoms with Crippen molar-refractivity contribution >= 4 is 15.9 Å². The summed E-state index contributed by atoms with van der Waals surface area (Å²) in [6.07, 6.45) is 1.39. The first-order chi connectivity index (χ1) is 6.69. The van der Waals surface area contributed by atoms with Crippen molar-refractivity contribution < 1.29 is 9.84 Å². The molecule has 0 aliphatic rings. The highest BCUT2D eigenvalue weighted by Crippen LogP contribution is 2.29. The SMILES string of the molecule is CCCC(O)c1ccc(OC)c(Br)c1. The Morgan fingerprint density at radius 1 is 1.50 bits per heavy atom. The maximum atomic E-state index is 9.75. The Hall–Kier alpha value is -0.540. The third-order valence-corrected chi connectivity index (χ3v) is 2.74. The van der Waals surface area contributed by atoms with Gasteiger partial charge in [-0.2, -0.15) is 0 Å².